The highest BCUT2D eigenvalue weighted by molar-refractivity contribution is 6.31. The molecule has 6 heteroatoms. The number of halogens is 1. The lowest BCUT2D eigenvalue weighted by Crippen LogP contribution is -2.26. The third-order valence-corrected chi connectivity index (χ3v) is 4.43. The van der Waals surface area contributed by atoms with Crippen LogP contribution < -0.4 is 0 Å². The summed E-state index contributed by atoms with van der Waals surface area (Å²) >= 11 is 6.19. The van der Waals surface area contributed by atoms with Crippen LogP contribution in [0.1, 0.15) is 25.3 Å². The lowest BCUT2D eigenvalue weighted by Gasteiger charge is -2.16. The Morgan fingerprint density at radius 3 is 2.22 bits per heavy atom. The Kier molecular flexibility index (Phi) is 5.81. The Labute approximate surface area is 162 Å². The molecule has 0 amide bonds. The Bertz CT molecular complexity index is 947. The minimum Gasteiger partial charge on any atom is -0.465 e. The molecule has 0 fully saturated rings. The molecule has 0 saturated carbocycles. The number of nitrogens with one attached hydrogen (secondary N) is 1. The van der Waals surface area contributed by atoms with Gasteiger partial charge in [0.2, 0.25) is 0 Å². The van der Waals surface area contributed by atoms with Crippen molar-refractivity contribution in [3.8, 4) is 11.3 Å². The van der Waals surface area contributed by atoms with Crippen LogP contribution in [0, 0.1) is 0 Å². The Hall–Kier alpha value is -2.79. The fourth-order valence-electron chi connectivity index (χ4n) is 3.10. The van der Waals surface area contributed by atoms with E-state index >= 15 is 0 Å². The first-order valence-corrected chi connectivity index (χ1v) is 9.14. The van der Waals surface area contributed by atoms with Crippen molar-refractivity contribution < 1.29 is 19.1 Å². The molecule has 27 heavy (non-hydrogen) atoms. The molecule has 0 unspecified atom stereocenters. The predicted octanol–water partition coefficient (Wildman–Crippen LogP) is 4.70. The van der Waals surface area contributed by atoms with E-state index < -0.39 is 17.9 Å². The second-order valence-corrected chi connectivity index (χ2v) is 6.34. The second-order valence-electron chi connectivity index (χ2n) is 5.91. The maximum absolute atomic E-state index is 12.7. The van der Waals surface area contributed by atoms with Crippen molar-refractivity contribution in [2.75, 3.05) is 13.2 Å². The van der Waals surface area contributed by atoms with Crippen LogP contribution in [0.2, 0.25) is 5.02 Å². The maximum Gasteiger partial charge on any atom is 0.324 e. The molecule has 5 nitrogen and oxygen atoms in total. The first-order valence-electron chi connectivity index (χ1n) is 8.76. The van der Waals surface area contributed by atoms with Gasteiger partial charge in [0, 0.05) is 21.5 Å². The lowest BCUT2D eigenvalue weighted by molar-refractivity contribution is -0.156. The first-order chi connectivity index (χ1) is 13.1. The minimum absolute atomic E-state index is 0.165. The smallest absolute Gasteiger partial charge is 0.324 e. The van der Waals surface area contributed by atoms with Gasteiger partial charge in [0.05, 0.1) is 18.9 Å². The number of carbonyl (C=O) groups is 2. The summed E-state index contributed by atoms with van der Waals surface area (Å²) in [5, 5.41) is 1.20. The molecule has 1 aromatic heterocycles. The number of rotatable bonds is 6. The molecule has 0 spiro atoms. The van der Waals surface area contributed by atoms with E-state index in [9.17, 15) is 9.59 Å². The van der Waals surface area contributed by atoms with Gasteiger partial charge in [-0.1, -0.05) is 41.9 Å². The van der Waals surface area contributed by atoms with E-state index in [2.05, 4.69) is 4.98 Å². The summed E-state index contributed by atoms with van der Waals surface area (Å²) in [7, 11) is 0. The summed E-state index contributed by atoms with van der Waals surface area (Å²) in [5.41, 5.74) is 2.79. The van der Waals surface area contributed by atoms with Gasteiger partial charge in [0.15, 0.2) is 5.92 Å². The highest BCUT2D eigenvalue weighted by Gasteiger charge is 2.36. The van der Waals surface area contributed by atoms with E-state index in [1.54, 1.807) is 26.0 Å². The summed E-state index contributed by atoms with van der Waals surface area (Å²) in [5.74, 6) is -2.49. The van der Waals surface area contributed by atoms with E-state index in [0.717, 1.165) is 11.1 Å². The number of esters is 2. The molecule has 3 aromatic rings. The van der Waals surface area contributed by atoms with Gasteiger partial charge in [-0.15, -0.1) is 0 Å². The average Bonchev–Trinajstić information content (AvgIpc) is 3.02. The number of benzene rings is 2. The van der Waals surface area contributed by atoms with Crippen LogP contribution >= 0.6 is 11.6 Å². The number of ether oxygens (including phenoxy) is 2. The molecule has 0 bridgehead atoms. The molecule has 1 heterocycles. The Morgan fingerprint density at radius 1 is 1.00 bits per heavy atom. The summed E-state index contributed by atoms with van der Waals surface area (Å²) in [6.07, 6.45) is 0. The van der Waals surface area contributed by atoms with E-state index in [-0.39, 0.29) is 13.2 Å². The monoisotopic (exact) mass is 385 g/mol. The zero-order chi connectivity index (χ0) is 19.4. The SMILES string of the molecule is CCOC(=O)C(C(=O)OCC)c1c(-c2ccccc2)[nH]c2ccc(Cl)cc12. The van der Waals surface area contributed by atoms with Crippen LogP contribution in [0.3, 0.4) is 0 Å². The molecule has 1 N–H and O–H groups in total. The summed E-state index contributed by atoms with van der Waals surface area (Å²) in [6, 6.07) is 14.8. The molecular weight excluding hydrogens is 366 g/mol. The van der Waals surface area contributed by atoms with Gasteiger partial charge in [0.25, 0.3) is 0 Å². The number of aromatic nitrogens is 1. The van der Waals surface area contributed by atoms with Gasteiger partial charge in [-0.3, -0.25) is 9.59 Å². The fraction of sp³-hybridized carbons (Fsp3) is 0.238. The highest BCUT2D eigenvalue weighted by atomic mass is 35.5. The fourth-order valence-corrected chi connectivity index (χ4v) is 3.27. The maximum atomic E-state index is 12.7. The van der Waals surface area contributed by atoms with Crippen LogP contribution in [0.25, 0.3) is 22.2 Å². The molecule has 3 rings (SSSR count). The van der Waals surface area contributed by atoms with E-state index in [1.165, 1.54) is 0 Å². The summed E-state index contributed by atoms with van der Waals surface area (Å²) < 4.78 is 10.4. The predicted molar refractivity (Wildman–Crippen MR) is 105 cm³/mol. The number of H-pyrrole nitrogens is 1. The van der Waals surface area contributed by atoms with E-state index in [0.29, 0.717) is 21.7 Å². The summed E-state index contributed by atoms with van der Waals surface area (Å²) in [6.45, 7) is 3.73. The largest absolute Gasteiger partial charge is 0.465 e. The molecule has 0 radical (unpaired) electrons. The van der Waals surface area contributed by atoms with Crippen molar-refractivity contribution in [2.24, 2.45) is 0 Å². The van der Waals surface area contributed by atoms with Crippen molar-refractivity contribution in [1.82, 2.24) is 4.98 Å². The van der Waals surface area contributed by atoms with Crippen LogP contribution in [-0.4, -0.2) is 30.1 Å². The Morgan fingerprint density at radius 2 is 1.63 bits per heavy atom. The highest BCUT2D eigenvalue weighted by Crippen LogP contribution is 2.38. The Balaban J connectivity index is 2.29. The number of hydrogen-bond donors (Lipinski definition) is 1. The van der Waals surface area contributed by atoms with Crippen LogP contribution in [0.15, 0.2) is 48.5 Å². The van der Waals surface area contributed by atoms with Crippen LogP contribution in [-0.2, 0) is 19.1 Å². The average molecular weight is 386 g/mol. The van der Waals surface area contributed by atoms with Crippen LogP contribution in [0.4, 0.5) is 0 Å². The quantitative estimate of drug-likeness (QED) is 0.493. The van der Waals surface area contributed by atoms with Crippen molar-refractivity contribution in [1.29, 1.82) is 0 Å². The standard InChI is InChI=1S/C21H20ClNO4/c1-3-26-20(24)18(21(25)27-4-2)17-15-12-14(22)10-11-16(15)23-19(17)13-8-6-5-7-9-13/h5-12,18,23H,3-4H2,1-2H3. The molecule has 0 aliphatic carbocycles. The number of aromatic amines is 1. The van der Waals surface area contributed by atoms with Gasteiger partial charge in [-0.05, 0) is 37.6 Å². The number of hydrogen-bond acceptors (Lipinski definition) is 4. The van der Waals surface area contributed by atoms with Gasteiger partial charge in [-0.2, -0.15) is 0 Å². The molecule has 0 aliphatic heterocycles. The number of fused-ring (bicyclic) bond motifs is 1. The molecule has 0 aliphatic rings. The molecule has 140 valence electrons. The van der Waals surface area contributed by atoms with E-state index in [1.807, 2.05) is 36.4 Å². The summed E-state index contributed by atoms with van der Waals surface area (Å²) in [4.78, 5) is 28.7. The lowest BCUT2D eigenvalue weighted by atomic mass is 9.93. The van der Waals surface area contributed by atoms with Crippen molar-refractivity contribution in [3.63, 3.8) is 0 Å². The molecule has 2 aromatic carbocycles. The van der Waals surface area contributed by atoms with Crippen molar-refractivity contribution in [2.45, 2.75) is 19.8 Å². The van der Waals surface area contributed by atoms with E-state index in [4.69, 9.17) is 21.1 Å². The third-order valence-electron chi connectivity index (χ3n) is 4.20. The second kappa shape index (κ2) is 8.27. The topological polar surface area (TPSA) is 68.4 Å². The van der Waals surface area contributed by atoms with Crippen molar-refractivity contribution >= 4 is 34.4 Å². The van der Waals surface area contributed by atoms with Gasteiger partial charge < -0.3 is 14.5 Å². The molecule has 0 atom stereocenters. The van der Waals surface area contributed by atoms with Gasteiger partial charge >= 0.3 is 11.9 Å². The van der Waals surface area contributed by atoms with Gasteiger partial charge in [-0.25, -0.2) is 0 Å². The zero-order valence-electron chi connectivity index (χ0n) is 15.1. The van der Waals surface area contributed by atoms with Gasteiger partial charge in [0.1, 0.15) is 0 Å². The van der Waals surface area contributed by atoms with Crippen LogP contribution in [0.5, 0.6) is 0 Å². The first kappa shape index (κ1) is 19.0. The molecular formula is C21H20ClNO4. The zero-order valence-corrected chi connectivity index (χ0v) is 15.9. The third kappa shape index (κ3) is 3.83. The minimum atomic E-state index is -1.20. The number of carbonyl (C=O) groups excluding carboxylic acids is 2. The van der Waals surface area contributed by atoms with Crippen molar-refractivity contribution in [3.05, 3.63) is 59.1 Å². The normalized spacial score (nSPS) is 11.0. The molecule has 0 saturated heterocycles.